The van der Waals surface area contributed by atoms with Crippen molar-refractivity contribution < 1.29 is 9.59 Å². The third-order valence-electron chi connectivity index (χ3n) is 2.00. The molecule has 0 heterocycles. The molecule has 114 valence electrons. The monoisotopic (exact) mass is 390 g/mol. The summed E-state index contributed by atoms with van der Waals surface area (Å²) in [5, 5.41) is -0.504. The Morgan fingerprint density at radius 1 is 0.632 bits per heavy atom. The Hall–Kier alpha value is 1.08. The molecule has 0 bridgehead atoms. The van der Waals surface area contributed by atoms with E-state index in [9.17, 15) is 9.59 Å². The lowest BCUT2D eigenvalue weighted by atomic mass is 10.1. The first-order valence-electron chi connectivity index (χ1n) is 5.75. The molecule has 0 rings (SSSR count). The molecule has 0 amide bonds. The second kappa shape index (κ2) is 14.0. The van der Waals surface area contributed by atoms with Gasteiger partial charge in [0, 0.05) is 12.8 Å². The number of unbranched alkanes of at least 4 members (excludes halogenated alkanes) is 5. The number of carbonyl (C=O) groups excluding carboxylic acids is 2. The molecular weight excluding hydrogens is 377 g/mol. The molecule has 0 saturated heterocycles. The fourth-order valence-corrected chi connectivity index (χ4v) is 1.50. The molecule has 0 spiro atoms. The molecule has 2 nitrogen and oxygen atoms in total. The van der Waals surface area contributed by atoms with Gasteiger partial charge in [0.05, 0.1) is 0 Å². The van der Waals surface area contributed by atoms with E-state index < -0.39 is 3.25 Å². The Morgan fingerprint density at radius 3 is 1.05 bits per heavy atom. The summed E-state index contributed by atoms with van der Waals surface area (Å²) in [6.45, 7) is 0. The Kier molecular flexibility index (Phi) is 16.5. The van der Waals surface area contributed by atoms with Crippen LogP contribution in [-0.4, -0.2) is 13.7 Å². The maximum Gasteiger partial charge on any atom is 0.266 e. The number of carbonyl (C=O) groups is 2. The van der Waals surface area contributed by atoms with Gasteiger partial charge in [-0.3, -0.25) is 9.59 Å². The van der Waals surface area contributed by atoms with E-state index in [-0.39, 0.29) is 10.5 Å². The van der Waals surface area contributed by atoms with E-state index in [1.165, 1.54) is 0 Å². The van der Waals surface area contributed by atoms with Crippen LogP contribution in [0.15, 0.2) is 0 Å². The summed E-state index contributed by atoms with van der Waals surface area (Å²) in [5.74, 6) is 0. The Morgan fingerprint density at radius 2 is 0.842 bits per heavy atom. The molecule has 0 saturated carbocycles. The summed E-state index contributed by atoms with van der Waals surface area (Å²) in [7, 11) is 0. The van der Waals surface area contributed by atoms with Crippen molar-refractivity contribution in [2.24, 2.45) is 0 Å². The van der Waals surface area contributed by atoms with Crippen molar-refractivity contribution in [3.05, 3.63) is 0 Å². The van der Waals surface area contributed by atoms with Gasteiger partial charge in [0.1, 0.15) is 0 Å². The first-order valence-corrected chi connectivity index (χ1v) is 8.02. The summed E-state index contributed by atoms with van der Waals surface area (Å²) in [4.78, 5) is 20.7. The van der Waals surface area contributed by atoms with Crippen LogP contribution in [0, 0.1) is 0 Å². The fourth-order valence-electron chi connectivity index (χ4n) is 1.24. The molecular formula is C11H16Cl6O2. The van der Waals surface area contributed by atoms with Crippen molar-refractivity contribution in [1.82, 2.24) is 0 Å². The highest BCUT2D eigenvalue weighted by Crippen LogP contribution is 2.29. The van der Waals surface area contributed by atoms with Crippen molar-refractivity contribution in [1.29, 1.82) is 0 Å². The van der Waals surface area contributed by atoms with E-state index in [0.29, 0.717) is 12.8 Å². The van der Waals surface area contributed by atoms with Crippen molar-refractivity contribution in [2.45, 2.75) is 54.6 Å². The molecule has 0 aliphatic heterocycles. The van der Waals surface area contributed by atoms with Crippen molar-refractivity contribution >= 4 is 80.1 Å². The lowest BCUT2D eigenvalue weighted by molar-refractivity contribution is -0.112. The average molecular weight is 393 g/mol. The van der Waals surface area contributed by atoms with Crippen LogP contribution >= 0.6 is 69.6 Å². The van der Waals surface area contributed by atoms with Crippen LogP contribution in [0.4, 0.5) is 0 Å². The lowest BCUT2D eigenvalue weighted by Crippen LogP contribution is -1.88. The zero-order chi connectivity index (χ0) is 15.3. The summed E-state index contributed by atoms with van der Waals surface area (Å²) < 4.78 is -1.61. The van der Waals surface area contributed by atoms with Crippen LogP contribution in [0.3, 0.4) is 0 Å². The standard InChI is InChI=1S/C10H16Cl2O2.CCl4/c11-9(13)7-5-3-1-2-4-6-8-10(12)14;2-1(3,4)5/h1-8H2;. The molecule has 0 atom stereocenters. The minimum absolute atomic E-state index is 0.252. The maximum atomic E-state index is 10.4. The smallest absolute Gasteiger partial charge is 0.266 e. The van der Waals surface area contributed by atoms with Crippen molar-refractivity contribution in [3.8, 4) is 0 Å². The molecule has 0 fully saturated rings. The Balaban J connectivity index is 0. The Labute approximate surface area is 144 Å². The van der Waals surface area contributed by atoms with Crippen molar-refractivity contribution in [2.75, 3.05) is 0 Å². The van der Waals surface area contributed by atoms with E-state index in [0.717, 1.165) is 38.5 Å². The van der Waals surface area contributed by atoms with Gasteiger partial charge in [0.15, 0.2) is 0 Å². The van der Waals surface area contributed by atoms with Gasteiger partial charge >= 0.3 is 0 Å². The molecule has 0 aromatic carbocycles. The van der Waals surface area contributed by atoms with Gasteiger partial charge in [-0.05, 0) is 36.0 Å². The van der Waals surface area contributed by atoms with Gasteiger partial charge in [-0.1, -0.05) is 72.1 Å². The van der Waals surface area contributed by atoms with E-state index in [1.807, 2.05) is 0 Å². The third-order valence-corrected chi connectivity index (χ3v) is 2.37. The van der Waals surface area contributed by atoms with Crippen LogP contribution in [0.1, 0.15) is 51.4 Å². The van der Waals surface area contributed by atoms with E-state index in [2.05, 4.69) is 0 Å². The second-order valence-corrected chi connectivity index (χ2v) is 8.03. The Bertz CT molecular complexity index is 226. The maximum absolute atomic E-state index is 10.4. The SMILES string of the molecule is ClC(Cl)(Cl)Cl.O=C(Cl)CCCCCCCCC(=O)Cl. The van der Waals surface area contributed by atoms with Crippen LogP contribution < -0.4 is 0 Å². The topological polar surface area (TPSA) is 34.1 Å². The third kappa shape index (κ3) is 38.1. The van der Waals surface area contributed by atoms with Crippen molar-refractivity contribution in [3.63, 3.8) is 0 Å². The van der Waals surface area contributed by atoms with Crippen LogP contribution in [-0.2, 0) is 9.59 Å². The largest absolute Gasteiger partial charge is 0.281 e. The number of rotatable bonds is 9. The summed E-state index contributed by atoms with van der Waals surface area (Å²) in [6.07, 6.45) is 6.96. The average Bonchev–Trinajstić information content (AvgIpc) is 2.18. The highest BCUT2D eigenvalue weighted by Gasteiger charge is 2.11. The quantitative estimate of drug-likeness (QED) is 0.266. The predicted octanol–water partition coefficient (Wildman–Crippen LogP) is 6.19. The molecule has 0 radical (unpaired) electrons. The zero-order valence-corrected chi connectivity index (χ0v) is 14.8. The van der Waals surface area contributed by atoms with Gasteiger partial charge in [-0.15, -0.1) is 0 Å². The normalized spacial score (nSPS) is 10.6. The molecule has 0 aromatic heterocycles. The molecule has 0 aliphatic rings. The van der Waals surface area contributed by atoms with Crippen LogP contribution in [0.25, 0.3) is 0 Å². The summed E-state index contributed by atoms with van der Waals surface area (Å²) >= 11 is 29.7. The minimum Gasteiger partial charge on any atom is -0.281 e. The van der Waals surface area contributed by atoms with Gasteiger partial charge < -0.3 is 0 Å². The second-order valence-electron chi connectivity index (χ2n) is 3.76. The van der Waals surface area contributed by atoms with E-state index >= 15 is 0 Å². The molecule has 8 heteroatoms. The van der Waals surface area contributed by atoms with Crippen LogP contribution in [0.2, 0.25) is 0 Å². The highest BCUT2D eigenvalue weighted by molar-refractivity contribution is 6.83. The first-order chi connectivity index (χ1) is 8.63. The minimum atomic E-state index is -1.61. The van der Waals surface area contributed by atoms with Gasteiger partial charge in [0.25, 0.3) is 3.25 Å². The number of alkyl halides is 4. The number of halogens is 6. The number of hydrogen-bond acceptors (Lipinski definition) is 2. The molecule has 19 heavy (non-hydrogen) atoms. The highest BCUT2D eigenvalue weighted by atomic mass is 35.6. The zero-order valence-electron chi connectivity index (χ0n) is 10.2. The molecule has 0 N–H and O–H groups in total. The van der Waals surface area contributed by atoms with Gasteiger partial charge in [-0.25, -0.2) is 0 Å². The lowest BCUT2D eigenvalue weighted by Gasteiger charge is -1.98. The molecule has 0 unspecified atom stereocenters. The summed E-state index contributed by atoms with van der Waals surface area (Å²) in [6, 6.07) is 0. The van der Waals surface area contributed by atoms with Crippen LogP contribution in [0.5, 0.6) is 0 Å². The molecule has 0 aromatic rings. The van der Waals surface area contributed by atoms with E-state index in [4.69, 9.17) is 69.6 Å². The first kappa shape index (κ1) is 22.4. The molecule has 0 aliphatic carbocycles. The van der Waals surface area contributed by atoms with Gasteiger partial charge in [0.2, 0.25) is 10.5 Å². The van der Waals surface area contributed by atoms with Gasteiger partial charge in [-0.2, -0.15) is 0 Å². The number of hydrogen-bond donors (Lipinski definition) is 0. The van der Waals surface area contributed by atoms with E-state index in [1.54, 1.807) is 0 Å². The fraction of sp³-hybridized carbons (Fsp3) is 0.818. The summed E-state index contributed by atoms with van der Waals surface area (Å²) in [5.41, 5.74) is 0. The predicted molar refractivity (Wildman–Crippen MR) is 84.8 cm³/mol.